The van der Waals surface area contributed by atoms with Gasteiger partial charge in [0.25, 0.3) is 5.91 Å². The summed E-state index contributed by atoms with van der Waals surface area (Å²) in [5, 5.41) is 10.3. The van der Waals surface area contributed by atoms with Gasteiger partial charge in [-0.3, -0.25) is 9.69 Å². The number of rotatable bonds is 5. The molecule has 126 valence electrons. The van der Waals surface area contributed by atoms with E-state index in [1.807, 2.05) is 25.2 Å². The fourth-order valence-electron chi connectivity index (χ4n) is 3.02. The molecular formula is C18H22N4O2. The van der Waals surface area contributed by atoms with Crippen LogP contribution in [-0.4, -0.2) is 57.0 Å². The Labute approximate surface area is 141 Å². The fourth-order valence-corrected chi connectivity index (χ4v) is 3.02. The summed E-state index contributed by atoms with van der Waals surface area (Å²) in [7, 11) is 2.02. The van der Waals surface area contributed by atoms with Crippen LogP contribution in [0.3, 0.4) is 0 Å². The summed E-state index contributed by atoms with van der Waals surface area (Å²) in [5.41, 5.74) is 0.636. The maximum Gasteiger partial charge on any atom is 0.256 e. The van der Waals surface area contributed by atoms with E-state index in [0.717, 1.165) is 12.2 Å². The zero-order valence-electron chi connectivity index (χ0n) is 13.7. The number of amides is 1. The van der Waals surface area contributed by atoms with Gasteiger partial charge in [0.2, 0.25) is 0 Å². The second-order valence-corrected chi connectivity index (χ2v) is 6.12. The predicted octanol–water partition coefficient (Wildman–Crippen LogP) is 1.24. The van der Waals surface area contributed by atoms with Crippen LogP contribution in [0.5, 0.6) is 0 Å². The lowest BCUT2D eigenvalue weighted by atomic mass is 10.1. The van der Waals surface area contributed by atoms with Crippen molar-refractivity contribution < 1.29 is 9.90 Å². The van der Waals surface area contributed by atoms with Crippen LogP contribution in [0.1, 0.15) is 23.9 Å². The SMILES string of the molecule is CN(Cc1ncccn1)C1CCN(C(=O)C(O)c2ccccc2)C1. The first kappa shape index (κ1) is 16.5. The van der Waals surface area contributed by atoms with Crippen molar-refractivity contribution in [2.75, 3.05) is 20.1 Å². The molecule has 2 aromatic rings. The van der Waals surface area contributed by atoms with E-state index < -0.39 is 6.10 Å². The molecular weight excluding hydrogens is 304 g/mol. The lowest BCUT2D eigenvalue weighted by molar-refractivity contribution is -0.139. The Morgan fingerprint density at radius 3 is 2.71 bits per heavy atom. The Bertz CT molecular complexity index is 665. The molecule has 2 atom stereocenters. The Balaban J connectivity index is 1.57. The van der Waals surface area contributed by atoms with Crippen molar-refractivity contribution in [1.29, 1.82) is 0 Å². The minimum atomic E-state index is -1.09. The molecule has 0 spiro atoms. The summed E-state index contributed by atoms with van der Waals surface area (Å²) in [6, 6.07) is 11.1. The number of carbonyl (C=O) groups excluding carboxylic acids is 1. The maximum absolute atomic E-state index is 12.5. The number of nitrogens with zero attached hydrogens (tertiary/aromatic N) is 4. The van der Waals surface area contributed by atoms with Gasteiger partial charge in [-0.1, -0.05) is 30.3 Å². The highest BCUT2D eigenvalue weighted by Gasteiger charge is 2.32. The van der Waals surface area contributed by atoms with E-state index in [9.17, 15) is 9.90 Å². The van der Waals surface area contributed by atoms with Crippen molar-refractivity contribution >= 4 is 5.91 Å². The molecule has 6 nitrogen and oxygen atoms in total. The standard InChI is InChI=1S/C18H22N4O2/c1-21(13-16-19-9-5-10-20-16)15-8-11-22(12-15)18(24)17(23)14-6-3-2-4-7-14/h2-7,9-10,15,17,23H,8,11-13H2,1H3. The van der Waals surface area contributed by atoms with E-state index in [4.69, 9.17) is 0 Å². The molecule has 0 aliphatic carbocycles. The van der Waals surface area contributed by atoms with Gasteiger partial charge in [-0.25, -0.2) is 9.97 Å². The molecule has 1 saturated heterocycles. The van der Waals surface area contributed by atoms with Crippen LogP contribution in [0.2, 0.25) is 0 Å². The molecule has 3 rings (SSSR count). The van der Waals surface area contributed by atoms with Gasteiger partial charge in [0.1, 0.15) is 5.82 Å². The lowest BCUT2D eigenvalue weighted by Gasteiger charge is -2.25. The molecule has 2 unspecified atom stereocenters. The van der Waals surface area contributed by atoms with Gasteiger partial charge in [-0.15, -0.1) is 0 Å². The minimum Gasteiger partial charge on any atom is -0.378 e. The summed E-state index contributed by atoms with van der Waals surface area (Å²) < 4.78 is 0. The molecule has 24 heavy (non-hydrogen) atoms. The molecule has 1 amide bonds. The quantitative estimate of drug-likeness (QED) is 0.895. The summed E-state index contributed by atoms with van der Waals surface area (Å²) in [6.07, 6.45) is 3.26. The van der Waals surface area contributed by atoms with Crippen molar-refractivity contribution in [3.8, 4) is 0 Å². The molecule has 0 radical (unpaired) electrons. The van der Waals surface area contributed by atoms with Gasteiger partial charge in [-0.2, -0.15) is 0 Å². The van der Waals surface area contributed by atoms with Crippen molar-refractivity contribution in [3.63, 3.8) is 0 Å². The normalized spacial score (nSPS) is 18.8. The van der Waals surface area contributed by atoms with E-state index >= 15 is 0 Å². The van der Waals surface area contributed by atoms with Crippen LogP contribution in [-0.2, 0) is 11.3 Å². The third-order valence-electron chi connectivity index (χ3n) is 4.46. The van der Waals surface area contributed by atoms with Gasteiger partial charge in [0, 0.05) is 31.5 Å². The summed E-state index contributed by atoms with van der Waals surface area (Å²) in [4.78, 5) is 24.9. The Kier molecular flexibility index (Phi) is 5.17. The largest absolute Gasteiger partial charge is 0.378 e. The van der Waals surface area contributed by atoms with E-state index in [1.54, 1.807) is 35.5 Å². The van der Waals surface area contributed by atoms with Crippen LogP contribution in [0.4, 0.5) is 0 Å². The third kappa shape index (κ3) is 3.77. The monoisotopic (exact) mass is 326 g/mol. The van der Waals surface area contributed by atoms with E-state index in [2.05, 4.69) is 14.9 Å². The number of benzene rings is 1. The summed E-state index contributed by atoms with van der Waals surface area (Å²) in [5.74, 6) is 0.544. The zero-order chi connectivity index (χ0) is 16.9. The second-order valence-electron chi connectivity index (χ2n) is 6.12. The van der Waals surface area contributed by atoms with Gasteiger partial charge in [0.15, 0.2) is 6.10 Å². The number of hydrogen-bond donors (Lipinski definition) is 1. The Morgan fingerprint density at radius 1 is 1.29 bits per heavy atom. The lowest BCUT2D eigenvalue weighted by Crippen LogP contribution is -2.38. The molecule has 1 aromatic heterocycles. The molecule has 1 fully saturated rings. The molecule has 2 heterocycles. The number of aliphatic hydroxyl groups excluding tert-OH is 1. The average molecular weight is 326 g/mol. The summed E-state index contributed by atoms with van der Waals surface area (Å²) in [6.45, 7) is 1.92. The Hall–Kier alpha value is -2.31. The number of likely N-dealkylation sites (tertiary alicyclic amines) is 1. The van der Waals surface area contributed by atoms with E-state index in [0.29, 0.717) is 25.2 Å². The number of likely N-dealkylation sites (N-methyl/N-ethyl adjacent to an activating group) is 1. The smallest absolute Gasteiger partial charge is 0.256 e. The first-order chi connectivity index (χ1) is 11.6. The highest BCUT2D eigenvalue weighted by atomic mass is 16.3. The van der Waals surface area contributed by atoms with Crippen LogP contribution in [0.15, 0.2) is 48.8 Å². The highest BCUT2D eigenvalue weighted by molar-refractivity contribution is 5.82. The van der Waals surface area contributed by atoms with Gasteiger partial charge in [-0.05, 0) is 25.1 Å². The number of aliphatic hydroxyl groups is 1. The van der Waals surface area contributed by atoms with E-state index in [-0.39, 0.29) is 11.9 Å². The molecule has 0 bridgehead atoms. The number of hydrogen-bond acceptors (Lipinski definition) is 5. The first-order valence-corrected chi connectivity index (χ1v) is 8.13. The third-order valence-corrected chi connectivity index (χ3v) is 4.46. The van der Waals surface area contributed by atoms with Gasteiger partial charge in [0.05, 0.1) is 6.54 Å². The van der Waals surface area contributed by atoms with Crippen LogP contribution < -0.4 is 0 Å². The van der Waals surface area contributed by atoms with Gasteiger partial charge < -0.3 is 10.0 Å². The predicted molar refractivity (Wildman–Crippen MR) is 89.9 cm³/mol. The van der Waals surface area contributed by atoms with Crippen molar-refractivity contribution in [1.82, 2.24) is 19.8 Å². The number of aromatic nitrogens is 2. The van der Waals surface area contributed by atoms with E-state index in [1.165, 1.54) is 0 Å². The van der Waals surface area contributed by atoms with Gasteiger partial charge >= 0.3 is 0 Å². The number of carbonyl (C=O) groups is 1. The Morgan fingerprint density at radius 2 is 2.00 bits per heavy atom. The average Bonchev–Trinajstić information content (AvgIpc) is 3.12. The van der Waals surface area contributed by atoms with Crippen LogP contribution in [0.25, 0.3) is 0 Å². The molecule has 1 aliphatic heterocycles. The van der Waals surface area contributed by atoms with Crippen molar-refractivity contribution in [2.24, 2.45) is 0 Å². The highest BCUT2D eigenvalue weighted by Crippen LogP contribution is 2.21. The molecule has 1 N–H and O–H groups in total. The fraction of sp³-hybridized carbons (Fsp3) is 0.389. The first-order valence-electron chi connectivity index (χ1n) is 8.13. The molecule has 1 aliphatic rings. The maximum atomic E-state index is 12.5. The van der Waals surface area contributed by atoms with Crippen molar-refractivity contribution in [2.45, 2.75) is 25.1 Å². The van der Waals surface area contributed by atoms with Crippen LogP contribution >= 0.6 is 0 Å². The summed E-state index contributed by atoms with van der Waals surface area (Å²) >= 11 is 0. The topological polar surface area (TPSA) is 69.6 Å². The second kappa shape index (κ2) is 7.51. The van der Waals surface area contributed by atoms with Crippen molar-refractivity contribution in [3.05, 3.63) is 60.2 Å². The molecule has 0 saturated carbocycles. The molecule has 6 heteroatoms. The molecule has 1 aromatic carbocycles. The zero-order valence-corrected chi connectivity index (χ0v) is 13.7. The minimum absolute atomic E-state index is 0.229. The van der Waals surface area contributed by atoms with Crippen LogP contribution in [0, 0.1) is 0 Å².